The van der Waals surface area contributed by atoms with Gasteiger partial charge in [-0.3, -0.25) is 9.59 Å². The van der Waals surface area contributed by atoms with Crippen LogP contribution in [0, 0.1) is 18.3 Å². The Bertz CT molecular complexity index is 1160. The van der Waals surface area contributed by atoms with E-state index < -0.39 is 29.1 Å². The Balaban J connectivity index is 0.000000222. The highest BCUT2D eigenvalue weighted by atomic mass is 32.1. The molecular weight excluding hydrogens is 527 g/mol. The molecule has 4 atom stereocenters. The van der Waals surface area contributed by atoms with Crippen molar-refractivity contribution in [2.75, 3.05) is 13.6 Å². The van der Waals surface area contributed by atoms with Gasteiger partial charge in [0.2, 0.25) is 5.91 Å². The highest BCUT2D eigenvalue weighted by Gasteiger charge is 2.53. The summed E-state index contributed by atoms with van der Waals surface area (Å²) >= 11 is 1.71. The second-order valence-corrected chi connectivity index (χ2v) is 13.0. The Morgan fingerprint density at radius 2 is 1.90 bits per heavy atom. The van der Waals surface area contributed by atoms with Gasteiger partial charge < -0.3 is 20.3 Å². The van der Waals surface area contributed by atoms with Crippen LogP contribution in [-0.4, -0.2) is 59.3 Å². The van der Waals surface area contributed by atoms with Crippen molar-refractivity contribution in [3.05, 3.63) is 41.0 Å². The molecule has 7 nitrogen and oxygen atoms in total. The van der Waals surface area contributed by atoms with Crippen LogP contribution in [0.4, 0.5) is 4.39 Å². The molecule has 1 saturated heterocycles. The number of nitrogens with zero attached hydrogens (tertiary/aromatic N) is 2. The summed E-state index contributed by atoms with van der Waals surface area (Å²) in [6, 6.07) is 8.08. The van der Waals surface area contributed by atoms with E-state index in [1.165, 1.54) is 27.3 Å². The third kappa shape index (κ3) is 7.55. The Morgan fingerprint density at radius 3 is 2.38 bits per heavy atom. The third-order valence-corrected chi connectivity index (χ3v) is 9.00. The van der Waals surface area contributed by atoms with Gasteiger partial charge in [-0.2, -0.15) is 0 Å². The minimum Gasteiger partial charge on any atom is -0.341 e. The number of hydrogen-bond donors (Lipinski definition) is 2. The molecule has 40 heavy (non-hydrogen) atoms. The number of thiazole rings is 1. The van der Waals surface area contributed by atoms with Crippen LogP contribution in [0.15, 0.2) is 29.8 Å². The second kappa shape index (κ2) is 13.3. The number of carbonyl (C=O) groups excluding carboxylic acids is 3. The molecule has 1 aliphatic heterocycles. The van der Waals surface area contributed by atoms with Crippen LogP contribution in [0.25, 0.3) is 10.4 Å². The lowest BCUT2D eigenvalue weighted by Crippen LogP contribution is -2.57. The molecule has 220 valence electrons. The molecule has 1 aliphatic carbocycles. The number of nitrogens with one attached hydrogen (secondary N) is 2. The molecule has 2 heterocycles. The van der Waals surface area contributed by atoms with Gasteiger partial charge in [0.1, 0.15) is 12.3 Å². The van der Waals surface area contributed by atoms with E-state index in [1.54, 1.807) is 11.3 Å². The van der Waals surface area contributed by atoms with Crippen molar-refractivity contribution >= 4 is 29.4 Å². The Hall–Kier alpha value is -2.65. The van der Waals surface area contributed by atoms with Crippen molar-refractivity contribution in [3.63, 3.8) is 0 Å². The quantitative estimate of drug-likeness (QED) is 0.380. The monoisotopic (exact) mass is 572 g/mol. The largest absolute Gasteiger partial charge is 0.341 e. The average Bonchev–Trinajstić information content (AvgIpc) is 3.30. The highest BCUT2D eigenvalue weighted by Crippen LogP contribution is 2.40. The van der Waals surface area contributed by atoms with E-state index >= 15 is 0 Å². The number of alkyl halides is 1. The first-order valence-electron chi connectivity index (χ1n) is 14.3. The molecule has 0 bridgehead atoms. The summed E-state index contributed by atoms with van der Waals surface area (Å²) in [6.45, 7) is 12.6. The topological polar surface area (TPSA) is 91.4 Å². The van der Waals surface area contributed by atoms with Gasteiger partial charge in [-0.25, -0.2) is 9.37 Å². The molecule has 1 aromatic heterocycles. The summed E-state index contributed by atoms with van der Waals surface area (Å²) in [4.78, 5) is 42.7. The Morgan fingerprint density at radius 1 is 1.25 bits per heavy atom. The number of carbonyl (C=O) groups is 3. The van der Waals surface area contributed by atoms with Gasteiger partial charge in [0.25, 0.3) is 5.91 Å². The van der Waals surface area contributed by atoms with Gasteiger partial charge in [0.15, 0.2) is 5.67 Å². The Kier molecular flexibility index (Phi) is 10.6. The number of hydrogen-bond acceptors (Lipinski definition) is 6. The molecule has 2 N–H and O–H groups in total. The van der Waals surface area contributed by atoms with Crippen molar-refractivity contribution in [2.24, 2.45) is 11.3 Å². The fourth-order valence-electron chi connectivity index (χ4n) is 5.06. The van der Waals surface area contributed by atoms with Gasteiger partial charge in [-0.1, -0.05) is 65.3 Å². The van der Waals surface area contributed by atoms with Crippen molar-refractivity contribution < 1.29 is 18.8 Å². The zero-order chi connectivity index (χ0) is 29.7. The molecule has 2 aliphatic rings. The van der Waals surface area contributed by atoms with Crippen LogP contribution < -0.4 is 10.6 Å². The summed E-state index contributed by atoms with van der Waals surface area (Å²) in [5.41, 5.74) is 3.30. The molecular formula is C31H45FN4O3S. The van der Waals surface area contributed by atoms with Crippen molar-refractivity contribution in [1.82, 2.24) is 20.5 Å². The summed E-state index contributed by atoms with van der Waals surface area (Å²) in [5.74, 6) is -0.367. The van der Waals surface area contributed by atoms with Crippen LogP contribution in [0.5, 0.6) is 0 Å². The lowest BCUT2D eigenvalue weighted by Gasteiger charge is -2.35. The minimum atomic E-state index is -1.81. The van der Waals surface area contributed by atoms with E-state index in [9.17, 15) is 18.8 Å². The fraction of sp³-hybridized carbons (Fsp3) is 0.613. The number of aryl methyl sites for hydroxylation is 1. The average molecular weight is 573 g/mol. The molecule has 1 unspecified atom stereocenters. The molecule has 1 saturated carbocycles. The van der Waals surface area contributed by atoms with Gasteiger partial charge in [-0.15, -0.1) is 11.3 Å². The SMILES string of the molecule is CC(C)(C)[C@H](NC(=O)C1(F)CC1)C(=O)N1CCC[C@H]1C=O.CCC(C)[C@@H](NC)c1ccc(-c2scnc2C)cc1. The van der Waals surface area contributed by atoms with E-state index in [2.05, 4.69) is 60.7 Å². The van der Waals surface area contributed by atoms with Gasteiger partial charge in [-0.05, 0) is 62.1 Å². The smallest absolute Gasteiger partial charge is 0.258 e. The zero-order valence-electron chi connectivity index (χ0n) is 24.9. The predicted molar refractivity (Wildman–Crippen MR) is 159 cm³/mol. The maximum Gasteiger partial charge on any atom is 0.258 e. The van der Waals surface area contributed by atoms with E-state index in [1.807, 2.05) is 33.3 Å². The first-order chi connectivity index (χ1) is 18.9. The first kappa shape index (κ1) is 31.9. The number of aromatic nitrogens is 1. The standard InChI is InChI=1S/C16H22N2S.C15H23FN2O3/c1-5-11(2)15(17-4)13-6-8-14(9-7-13)16-12(3)18-10-19-16;1-14(2,3)11(17-13(21)15(16)6-7-15)12(20)18-8-4-5-10(18)9-19/h6-11,15,17H,5H2,1-4H3;9-11H,4-8H2,1-3H3,(H,17,21)/t11?,15-;10-,11+/m10/s1. The molecule has 4 rings (SSSR count). The molecule has 0 radical (unpaired) electrons. The van der Waals surface area contributed by atoms with Crippen molar-refractivity contribution in [1.29, 1.82) is 0 Å². The van der Waals surface area contributed by atoms with E-state index in [0.29, 0.717) is 24.9 Å². The zero-order valence-corrected chi connectivity index (χ0v) is 25.7. The molecule has 9 heteroatoms. The first-order valence-corrected chi connectivity index (χ1v) is 15.2. The van der Waals surface area contributed by atoms with E-state index in [4.69, 9.17) is 0 Å². The number of rotatable bonds is 9. The number of amides is 2. The highest BCUT2D eigenvalue weighted by molar-refractivity contribution is 7.13. The van der Waals surface area contributed by atoms with E-state index in [0.717, 1.165) is 18.4 Å². The molecule has 2 aromatic rings. The minimum absolute atomic E-state index is 0.213. The molecule has 1 aromatic carbocycles. The summed E-state index contributed by atoms with van der Waals surface area (Å²) in [7, 11) is 2.04. The number of benzene rings is 1. The Labute approximate surface area is 242 Å². The van der Waals surface area contributed by atoms with Crippen LogP contribution in [0.2, 0.25) is 0 Å². The number of aldehydes is 1. The fourth-order valence-corrected chi connectivity index (χ4v) is 5.87. The molecule has 0 spiro atoms. The van der Waals surface area contributed by atoms with Crippen LogP contribution in [0.3, 0.4) is 0 Å². The third-order valence-electron chi connectivity index (χ3n) is 8.03. The maximum atomic E-state index is 13.8. The maximum absolute atomic E-state index is 13.8. The summed E-state index contributed by atoms with van der Waals surface area (Å²) < 4.78 is 13.8. The number of likely N-dealkylation sites (tertiary alicyclic amines) is 1. The van der Waals surface area contributed by atoms with E-state index in [-0.39, 0.29) is 18.7 Å². The molecule has 2 fully saturated rings. The van der Waals surface area contributed by atoms with Crippen LogP contribution in [0.1, 0.15) is 84.0 Å². The second-order valence-electron chi connectivity index (χ2n) is 12.2. The van der Waals surface area contributed by atoms with Crippen LogP contribution in [-0.2, 0) is 14.4 Å². The van der Waals surface area contributed by atoms with Crippen molar-refractivity contribution in [3.8, 4) is 10.4 Å². The lowest BCUT2D eigenvalue weighted by atomic mass is 9.85. The normalized spacial score (nSPS) is 20.1. The predicted octanol–water partition coefficient (Wildman–Crippen LogP) is 5.63. The summed E-state index contributed by atoms with van der Waals surface area (Å²) in [6.07, 6.45) is 3.79. The van der Waals surface area contributed by atoms with Gasteiger partial charge in [0, 0.05) is 12.6 Å². The van der Waals surface area contributed by atoms with Crippen LogP contribution >= 0.6 is 11.3 Å². The molecule has 2 amide bonds. The summed E-state index contributed by atoms with van der Waals surface area (Å²) in [5, 5.41) is 5.98. The van der Waals surface area contributed by atoms with Crippen molar-refractivity contribution in [2.45, 2.75) is 97.4 Å². The number of halogens is 1. The van der Waals surface area contributed by atoms with Gasteiger partial charge >= 0.3 is 0 Å². The lowest BCUT2D eigenvalue weighted by molar-refractivity contribution is -0.142. The van der Waals surface area contributed by atoms with Gasteiger partial charge in [0.05, 0.1) is 22.1 Å².